The highest BCUT2D eigenvalue weighted by Crippen LogP contribution is 2.28. The minimum atomic E-state index is -0.00269. The van der Waals surface area contributed by atoms with Gasteiger partial charge in [-0.3, -0.25) is 4.79 Å². The van der Waals surface area contributed by atoms with E-state index in [1.54, 1.807) is 14.2 Å². The Morgan fingerprint density at radius 1 is 0.828 bits per heavy atom. The summed E-state index contributed by atoms with van der Waals surface area (Å²) in [6.45, 7) is 0.612. The van der Waals surface area contributed by atoms with Crippen molar-refractivity contribution in [3.05, 3.63) is 95.6 Å². The summed E-state index contributed by atoms with van der Waals surface area (Å²) < 4.78 is 10.6. The minimum Gasteiger partial charge on any atom is -0.493 e. The smallest absolute Gasteiger partial charge is 0.224 e. The van der Waals surface area contributed by atoms with Crippen LogP contribution in [0.1, 0.15) is 29.0 Å². The van der Waals surface area contributed by atoms with Crippen LogP contribution in [-0.2, 0) is 11.2 Å². The van der Waals surface area contributed by atoms with Crippen molar-refractivity contribution in [1.29, 1.82) is 0 Å². The summed E-state index contributed by atoms with van der Waals surface area (Å²) in [4.78, 5) is 12.4. The molecule has 0 aliphatic heterocycles. The normalized spacial score (nSPS) is 10.6. The summed E-state index contributed by atoms with van der Waals surface area (Å²) in [6, 6.07) is 26.4. The Labute approximate surface area is 172 Å². The zero-order valence-electron chi connectivity index (χ0n) is 16.9. The number of amides is 1. The van der Waals surface area contributed by atoms with E-state index >= 15 is 0 Å². The third kappa shape index (κ3) is 5.61. The topological polar surface area (TPSA) is 47.6 Å². The van der Waals surface area contributed by atoms with Gasteiger partial charge in [0.25, 0.3) is 0 Å². The van der Waals surface area contributed by atoms with Gasteiger partial charge in [-0.05, 0) is 35.2 Å². The highest BCUT2D eigenvalue weighted by Gasteiger charge is 2.14. The molecule has 0 unspecified atom stereocenters. The summed E-state index contributed by atoms with van der Waals surface area (Å²) in [5.41, 5.74) is 3.41. The molecule has 0 spiro atoms. The fraction of sp³-hybridized carbons (Fsp3) is 0.240. The molecule has 0 aliphatic carbocycles. The second-order valence-electron chi connectivity index (χ2n) is 6.88. The van der Waals surface area contributed by atoms with Crippen LogP contribution < -0.4 is 14.8 Å². The predicted molar refractivity (Wildman–Crippen MR) is 116 cm³/mol. The summed E-state index contributed by atoms with van der Waals surface area (Å²) in [5, 5.41) is 3.06. The molecule has 3 aromatic carbocycles. The number of nitrogens with one attached hydrogen (secondary N) is 1. The largest absolute Gasteiger partial charge is 0.493 e. The molecule has 0 heterocycles. The zero-order chi connectivity index (χ0) is 20.5. The van der Waals surface area contributed by atoms with Crippen molar-refractivity contribution in [2.75, 3.05) is 20.8 Å². The lowest BCUT2D eigenvalue weighted by molar-refractivity contribution is -0.120. The molecule has 0 bridgehead atoms. The van der Waals surface area contributed by atoms with Crippen LogP contribution in [0.15, 0.2) is 78.9 Å². The van der Waals surface area contributed by atoms with Gasteiger partial charge in [0, 0.05) is 12.5 Å². The van der Waals surface area contributed by atoms with Crippen LogP contribution in [0.2, 0.25) is 0 Å². The first-order chi connectivity index (χ1) is 14.2. The van der Waals surface area contributed by atoms with Gasteiger partial charge in [0.1, 0.15) is 0 Å². The molecule has 4 heteroatoms. The first-order valence-corrected chi connectivity index (χ1v) is 9.78. The Morgan fingerprint density at radius 3 is 1.97 bits per heavy atom. The lowest BCUT2D eigenvalue weighted by Gasteiger charge is -2.18. The molecule has 4 nitrogen and oxygen atoms in total. The number of benzene rings is 3. The molecule has 3 aromatic rings. The molecule has 0 radical (unpaired) electrons. The van der Waals surface area contributed by atoms with Gasteiger partial charge in [-0.2, -0.15) is 0 Å². The number of methoxy groups -OCH3 is 2. The zero-order valence-corrected chi connectivity index (χ0v) is 16.9. The number of rotatable bonds is 9. The van der Waals surface area contributed by atoms with Crippen molar-refractivity contribution in [2.24, 2.45) is 0 Å². The first-order valence-electron chi connectivity index (χ1n) is 9.78. The molecule has 1 N–H and O–H groups in total. The molecule has 1 amide bonds. The van der Waals surface area contributed by atoms with Crippen molar-refractivity contribution in [3.63, 3.8) is 0 Å². The minimum absolute atomic E-state index is 0.00269. The van der Waals surface area contributed by atoms with Crippen LogP contribution in [0.4, 0.5) is 0 Å². The molecule has 0 fully saturated rings. The van der Waals surface area contributed by atoms with Gasteiger partial charge in [0.2, 0.25) is 5.91 Å². The van der Waals surface area contributed by atoms with Crippen molar-refractivity contribution in [1.82, 2.24) is 5.32 Å². The Bertz CT molecular complexity index is 870. The molecule has 0 aliphatic rings. The van der Waals surface area contributed by atoms with Gasteiger partial charge in [-0.1, -0.05) is 66.7 Å². The molecule has 150 valence electrons. The van der Waals surface area contributed by atoms with Crippen LogP contribution in [0.25, 0.3) is 0 Å². The van der Waals surface area contributed by atoms with E-state index in [1.807, 2.05) is 30.3 Å². The third-order valence-corrected chi connectivity index (χ3v) is 4.97. The van der Waals surface area contributed by atoms with E-state index in [1.165, 1.54) is 11.1 Å². The number of ether oxygens (including phenoxy) is 2. The monoisotopic (exact) mass is 389 g/mol. The van der Waals surface area contributed by atoms with Crippen LogP contribution in [0.5, 0.6) is 11.5 Å². The highest BCUT2D eigenvalue weighted by molar-refractivity contribution is 5.78. The van der Waals surface area contributed by atoms with E-state index in [2.05, 4.69) is 53.8 Å². The number of hydrogen-bond donors (Lipinski definition) is 1. The van der Waals surface area contributed by atoms with Crippen LogP contribution in [0.3, 0.4) is 0 Å². The number of carbonyl (C=O) groups excluding carboxylic acids is 1. The van der Waals surface area contributed by atoms with Gasteiger partial charge < -0.3 is 14.8 Å². The summed E-state index contributed by atoms with van der Waals surface area (Å²) in [7, 11) is 3.19. The predicted octanol–water partition coefficient (Wildman–Crippen LogP) is 4.58. The van der Waals surface area contributed by atoms with E-state index in [0.717, 1.165) is 12.0 Å². The quantitative estimate of drug-likeness (QED) is 0.582. The molecule has 0 saturated heterocycles. The lowest BCUT2D eigenvalue weighted by atomic mass is 9.88. The second kappa shape index (κ2) is 10.3. The van der Waals surface area contributed by atoms with Crippen LogP contribution in [-0.4, -0.2) is 26.7 Å². The van der Waals surface area contributed by atoms with Crippen LogP contribution in [0, 0.1) is 0 Å². The molecular weight excluding hydrogens is 362 g/mol. The lowest BCUT2D eigenvalue weighted by Crippen LogP contribution is -2.27. The molecule has 3 rings (SSSR count). The summed E-state index contributed by atoms with van der Waals surface area (Å²) in [6.07, 6.45) is 1.15. The molecular formula is C25H27NO3. The van der Waals surface area contributed by atoms with E-state index in [9.17, 15) is 4.79 Å². The summed E-state index contributed by atoms with van der Waals surface area (Å²) >= 11 is 0. The van der Waals surface area contributed by atoms with E-state index in [0.29, 0.717) is 24.5 Å². The average molecular weight is 389 g/mol. The molecule has 0 aromatic heterocycles. The van der Waals surface area contributed by atoms with Crippen molar-refractivity contribution < 1.29 is 14.3 Å². The fourth-order valence-electron chi connectivity index (χ4n) is 3.49. The van der Waals surface area contributed by atoms with Crippen LogP contribution >= 0.6 is 0 Å². The number of hydrogen-bond acceptors (Lipinski definition) is 3. The maximum atomic E-state index is 12.4. The van der Waals surface area contributed by atoms with Crippen molar-refractivity contribution in [2.45, 2.75) is 18.8 Å². The Hall–Kier alpha value is -3.27. The van der Waals surface area contributed by atoms with Gasteiger partial charge in [0.05, 0.1) is 20.6 Å². The standard InChI is InChI=1S/C25H27NO3/c1-28-23-14-13-19(17-24(23)29-2)18-25(27)26-16-15-22(20-9-5-3-6-10-20)21-11-7-4-8-12-21/h3-14,17,22H,15-16,18H2,1-2H3,(H,26,27). The first kappa shape index (κ1) is 20.5. The van der Waals surface area contributed by atoms with Crippen molar-refractivity contribution >= 4 is 5.91 Å². The van der Waals surface area contributed by atoms with E-state index in [4.69, 9.17) is 9.47 Å². The van der Waals surface area contributed by atoms with E-state index < -0.39 is 0 Å². The third-order valence-electron chi connectivity index (χ3n) is 4.97. The maximum absolute atomic E-state index is 12.4. The second-order valence-corrected chi connectivity index (χ2v) is 6.88. The fourth-order valence-corrected chi connectivity index (χ4v) is 3.49. The van der Waals surface area contributed by atoms with Gasteiger partial charge in [-0.25, -0.2) is 0 Å². The molecule has 0 atom stereocenters. The van der Waals surface area contributed by atoms with E-state index in [-0.39, 0.29) is 11.8 Å². The van der Waals surface area contributed by atoms with Gasteiger partial charge in [0.15, 0.2) is 11.5 Å². The highest BCUT2D eigenvalue weighted by atomic mass is 16.5. The molecule has 29 heavy (non-hydrogen) atoms. The Balaban J connectivity index is 1.60. The van der Waals surface area contributed by atoms with Crippen molar-refractivity contribution in [3.8, 4) is 11.5 Å². The Kier molecular flexibility index (Phi) is 7.28. The SMILES string of the molecule is COc1ccc(CC(=O)NCCC(c2ccccc2)c2ccccc2)cc1OC. The Morgan fingerprint density at radius 2 is 1.41 bits per heavy atom. The summed E-state index contributed by atoms with van der Waals surface area (Å²) in [5.74, 6) is 1.53. The maximum Gasteiger partial charge on any atom is 0.224 e. The average Bonchev–Trinajstić information content (AvgIpc) is 2.77. The number of carbonyl (C=O) groups is 1. The van der Waals surface area contributed by atoms with Gasteiger partial charge in [-0.15, -0.1) is 0 Å². The van der Waals surface area contributed by atoms with Gasteiger partial charge >= 0.3 is 0 Å². The molecule has 0 saturated carbocycles.